The van der Waals surface area contributed by atoms with Gasteiger partial charge in [0, 0.05) is 24.7 Å². The quantitative estimate of drug-likeness (QED) is 0.149. The minimum Gasteiger partial charge on any atom is -0.480 e. The Morgan fingerprint density at radius 3 is 2.39 bits per heavy atom. The molecule has 10 N–H and O–H groups in total. The van der Waals surface area contributed by atoms with E-state index in [0.29, 0.717) is 5.69 Å². The van der Waals surface area contributed by atoms with Crippen LogP contribution < -0.4 is 27.4 Å². The summed E-state index contributed by atoms with van der Waals surface area (Å²) in [6.07, 6.45) is 1.30. The number of H-pyrrole nitrogens is 1. The number of aromatic amines is 1. The summed E-state index contributed by atoms with van der Waals surface area (Å²) in [7, 11) is 0. The minimum atomic E-state index is -1.56. The number of aliphatic carboxylic acids is 1. The zero-order valence-electron chi connectivity index (χ0n) is 16.8. The number of aromatic nitrogens is 2. The Bertz CT molecular complexity index is 782. The summed E-state index contributed by atoms with van der Waals surface area (Å²) in [5.74, 6) is -4.51. The third-order valence-corrected chi connectivity index (χ3v) is 4.13. The first kappa shape index (κ1) is 25.5. The third-order valence-electron chi connectivity index (χ3n) is 4.13. The Hall–Kier alpha value is -3.52. The molecule has 0 aliphatic rings. The van der Waals surface area contributed by atoms with Gasteiger partial charge in [-0.1, -0.05) is 0 Å². The Labute approximate surface area is 177 Å². The molecule has 0 fully saturated rings. The van der Waals surface area contributed by atoms with Crippen LogP contribution in [0.1, 0.15) is 25.5 Å². The maximum Gasteiger partial charge on any atom is 0.328 e. The van der Waals surface area contributed by atoms with Gasteiger partial charge in [-0.2, -0.15) is 0 Å². The van der Waals surface area contributed by atoms with E-state index in [4.69, 9.17) is 16.6 Å². The van der Waals surface area contributed by atoms with Crippen molar-refractivity contribution in [3.8, 4) is 0 Å². The zero-order chi connectivity index (χ0) is 23.6. The molecule has 0 bridgehead atoms. The van der Waals surface area contributed by atoms with E-state index in [1.54, 1.807) is 0 Å². The monoisotopic (exact) mass is 441 g/mol. The highest BCUT2D eigenvalue weighted by Gasteiger charge is 2.27. The van der Waals surface area contributed by atoms with Crippen LogP contribution in [0.4, 0.5) is 0 Å². The summed E-state index contributed by atoms with van der Waals surface area (Å²) >= 11 is 0. The molecule has 4 unspecified atom stereocenters. The zero-order valence-corrected chi connectivity index (χ0v) is 16.8. The largest absolute Gasteiger partial charge is 0.480 e. The van der Waals surface area contributed by atoms with Crippen LogP contribution in [0.25, 0.3) is 0 Å². The molecule has 0 saturated carbocycles. The molecular formula is C17H27N7O7. The molecule has 14 nitrogen and oxygen atoms in total. The molecule has 1 rings (SSSR count). The molecule has 4 amide bonds. The van der Waals surface area contributed by atoms with Gasteiger partial charge in [0.1, 0.15) is 6.04 Å². The normalized spacial score (nSPS) is 14.5. The van der Waals surface area contributed by atoms with Crippen LogP contribution in [0.15, 0.2) is 12.5 Å². The van der Waals surface area contributed by atoms with E-state index in [1.807, 2.05) is 0 Å². The highest BCUT2D eigenvalue weighted by atomic mass is 16.4. The first-order valence-electron chi connectivity index (χ1n) is 9.30. The molecular weight excluding hydrogens is 414 g/mol. The molecule has 0 radical (unpaired) electrons. The van der Waals surface area contributed by atoms with Crippen molar-refractivity contribution in [2.45, 2.75) is 50.4 Å². The maximum atomic E-state index is 12.4. The van der Waals surface area contributed by atoms with Crippen molar-refractivity contribution in [2.24, 2.45) is 11.5 Å². The fourth-order valence-electron chi connectivity index (χ4n) is 2.46. The number of carbonyl (C=O) groups is 5. The predicted molar refractivity (Wildman–Crippen MR) is 105 cm³/mol. The molecule has 4 atom stereocenters. The number of carboxylic acids is 1. The molecule has 0 aliphatic carbocycles. The highest BCUT2D eigenvalue weighted by molar-refractivity contribution is 5.93. The molecule has 0 aliphatic heterocycles. The number of nitrogens with two attached hydrogens (primary N) is 2. The Balaban J connectivity index is 2.68. The van der Waals surface area contributed by atoms with Crippen molar-refractivity contribution in [2.75, 3.05) is 6.54 Å². The van der Waals surface area contributed by atoms with Gasteiger partial charge in [0.15, 0.2) is 6.04 Å². The summed E-state index contributed by atoms with van der Waals surface area (Å²) in [5, 5.41) is 25.0. The standard InChI is InChI=1S/C17H27N7O7/c1-8(25)14(17(30)31)24-13(27)6-21-16(29)11(2-3-12(19)26)23-15(28)10(18)4-9-5-20-7-22-9/h5,7-8,10-11,14,25H,2-4,6,18H2,1H3,(H2,19,26)(H,20,22)(H,21,29)(H,23,28)(H,24,27)(H,30,31). The number of carboxylic acid groups (broad SMARTS) is 1. The molecule has 31 heavy (non-hydrogen) atoms. The van der Waals surface area contributed by atoms with Gasteiger partial charge in [-0.3, -0.25) is 19.2 Å². The van der Waals surface area contributed by atoms with Gasteiger partial charge >= 0.3 is 5.97 Å². The Morgan fingerprint density at radius 2 is 1.87 bits per heavy atom. The minimum absolute atomic E-state index is 0.119. The molecule has 0 spiro atoms. The van der Waals surface area contributed by atoms with Crippen LogP contribution in [0.5, 0.6) is 0 Å². The summed E-state index contributed by atoms with van der Waals surface area (Å²) in [6, 6.07) is -3.79. The summed E-state index contributed by atoms with van der Waals surface area (Å²) in [4.78, 5) is 65.3. The number of aliphatic hydroxyl groups is 1. The summed E-state index contributed by atoms with van der Waals surface area (Å²) in [6.45, 7) is 0.554. The SMILES string of the molecule is CC(O)C(NC(=O)CNC(=O)C(CCC(N)=O)NC(=O)C(N)Cc1cnc[nH]1)C(=O)O. The van der Waals surface area contributed by atoms with E-state index in [9.17, 15) is 29.1 Å². The number of primary amides is 1. The van der Waals surface area contributed by atoms with Crippen LogP contribution in [0.3, 0.4) is 0 Å². The number of aliphatic hydroxyl groups excluding tert-OH is 1. The second-order valence-corrected chi connectivity index (χ2v) is 6.80. The van der Waals surface area contributed by atoms with Gasteiger partial charge in [-0.05, 0) is 13.3 Å². The highest BCUT2D eigenvalue weighted by Crippen LogP contribution is 2.01. The third kappa shape index (κ3) is 9.22. The summed E-state index contributed by atoms with van der Waals surface area (Å²) in [5.41, 5.74) is 11.5. The van der Waals surface area contributed by atoms with Crippen LogP contribution in [-0.4, -0.2) is 80.6 Å². The second-order valence-electron chi connectivity index (χ2n) is 6.80. The number of nitrogens with zero attached hydrogens (tertiary/aromatic N) is 1. The lowest BCUT2D eigenvalue weighted by atomic mass is 10.1. The fourth-order valence-corrected chi connectivity index (χ4v) is 2.46. The molecule has 1 heterocycles. The molecule has 1 aromatic rings. The number of imidazole rings is 1. The lowest BCUT2D eigenvalue weighted by Crippen LogP contribution is -2.54. The van der Waals surface area contributed by atoms with Crippen LogP contribution >= 0.6 is 0 Å². The predicted octanol–water partition coefficient (Wildman–Crippen LogP) is -3.90. The van der Waals surface area contributed by atoms with E-state index in [1.165, 1.54) is 19.4 Å². The maximum absolute atomic E-state index is 12.4. The number of nitrogens with one attached hydrogen (secondary N) is 4. The number of hydrogen-bond donors (Lipinski definition) is 8. The van der Waals surface area contributed by atoms with Gasteiger partial charge in [0.25, 0.3) is 0 Å². The van der Waals surface area contributed by atoms with Gasteiger partial charge in [0.05, 0.1) is 25.0 Å². The van der Waals surface area contributed by atoms with Crippen LogP contribution in [0, 0.1) is 0 Å². The van der Waals surface area contributed by atoms with E-state index < -0.39 is 60.4 Å². The van der Waals surface area contributed by atoms with E-state index in [0.717, 1.165) is 0 Å². The molecule has 1 aromatic heterocycles. The van der Waals surface area contributed by atoms with E-state index in [-0.39, 0.29) is 19.3 Å². The number of amides is 4. The first-order valence-corrected chi connectivity index (χ1v) is 9.30. The number of carbonyl (C=O) groups excluding carboxylic acids is 4. The number of rotatable bonds is 13. The van der Waals surface area contributed by atoms with Gasteiger partial charge < -0.3 is 42.6 Å². The molecule has 0 aromatic carbocycles. The van der Waals surface area contributed by atoms with Crippen LogP contribution in [-0.2, 0) is 30.4 Å². The summed E-state index contributed by atoms with van der Waals surface area (Å²) < 4.78 is 0. The average molecular weight is 441 g/mol. The van der Waals surface area contributed by atoms with Crippen LogP contribution in [0.2, 0.25) is 0 Å². The van der Waals surface area contributed by atoms with Gasteiger partial charge in [-0.15, -0.1) is 0 Å². The lowest BCUT2D eigenvalue weighted by molar-refractivity contribution is -0.144. The van der Waals surface area contributed by atoms with Gasteiger partial charge in [-0.25, -0.2) is 9.78 Å². The first-order chi connectivity index (χ1) is 14.5. The van der Waals surface area contributed by atoms with Crippen molar-refractivity contribution in [3.63, 3.8) is 0 Å². The molecule has 0 saturated heterocycles. The Morgan fingerprint density at radius 1 is 1.19 bits per heavy atom. The fraction of sp³-hybridized carbons (Fsp3) is 0.529. The average Bonchev–Trinajstić information content (AvgIpc) is 3.19. The van der Waals surface area contributed by atoms with Gasteiger partial charge in [0.2, 0.25) is 23.6 Å². The van der Waals surface area contributed by atoms with Crippen molar-refractivity contribution in [3.05, 3.63) is 18.2 Å². The smallest absolute Gasteiger partial charge is 0.328 e. The second kappa shape index (κ2) is 12.2. The van der Waals surface area contributed by atoms with E-state index >= 15 is 0 Å². The van der Waals surface area contributed by atoms with Crippen molar-refractivity contribution < 1.29 is 34.2 Å². The van der Waals surface area contributed by atoms with Crippen molar-refractivity contribution >= 4 is 29.6 Å². The lowest BCUT2D eigenvalue weighted by Gasteiger charge is -2.21. The van der Waals surface area contributed by atoms with Crippen molar-refractivity contribution in [1.82, 2.24) is 25.9 Å². The van der Waals surface area contributed by atoms with E-state index in [2.05, 4.69) is 25.9 Å². The molecule has 14 heteroatoms. The van der Waals surface area contributed by atoms with Crippen molar-refractivity contribution in [1.29, 1.82) is 0 Å². The topological polar surface area (TPSA) is 243 Å². The number of hydrogen-bond acceptors (Lipinski definition) is 8. The molecule has 172 valence electrons. The Kier molecular flexibility index (Phi) is 10.1.